The molecule has 0 spiro atoms. The zero-order valence-electron chi connectivity index (χ0n) is 18.5. The fourth-order valence-corrected chi connectivity index (χ4v) is 4.37. The number of hydrogen-bond donors (Lipinski definition) is 3. The van der Waals surface area contributed by atoms with Crippen LogP contribution in [0.1, 0.15) is 22.8 Å². The van der Waals surface area contributed by atoms with E-state index in [-0.39, 0.29) is 5.91 Å². The summed E-state index contributed by atoms with van der Waals surface area (Å²) in [5.41, 5.74) is 9.27. The number of primary amides is 1. The molecule has 5 aromatic rings. The number of benzene rings is 2. The van der Waals surface area contributed by atoms with Crippen molar-refractivity contribution in [2.24, 2.45) is 5.73 Å². The number of nitrogens with one attached hydrogen (secondary N) is 2. The van der Waals surface area contributed by atoms with Crippen LogP contribution in [0.2, 0.25) is 5.02 Å². The molecule has 0 aliphatic carbocycles. The molecule has 2 aromatic carbocycles. The van der Waals surface area contributed by atoms with Gasteiger partial charge in [0, 0.05) is 33.2 Å². The van der Waals surface area contributed by atoms with Crippen LogP contribution in [-0.2, 0) is 4.79 Å². The summed E-state index contributed by atoms with van der Waals surface area (Å²) in [6.45, 7) is 3.64. The Morgan fingerprint density at radius 2 is 1.88 bits per heavy atom. The average Bonchev–Trinajstić information content (AvgIpc) is 3.43. The molecular formula is C25H22ClN5O2S. The third-order valence-corrected chi connectivity index (χ3v) is 6.52. The number of carbonyl (C=O) groups excluding carboxylic acids is 2. The smallest absolute Gasteiger partial charge is 0.251 e. The number of halogens is 1. The number of nitrogens with zero attached hydrogens (tertiary/aromatic N) is 2. The Bertz CT molecular complexity index is 1480. The van der Waals surface area contributed by atoms with Gasteiger partial charge in [0.1, 0.15) is 11.9 Å². The number of thiophene rings is 1. The lowest BCUT2D eigenvalue weighted by atomic mass is 10.1. The Hall–Kier alpha value is -3.75. The van der Waals surface area contributed by atoms with Crippen LogP contribution in [-0.4, -0.2) is 32.8 Å². The molecule has 0 bridgehead atoms. The van der Waals surface area contributed by atoms with E-state index in [1.165, 1.54) is 22.6 Å². The number of aromatic amines is 1. The van der Waals surface area contributed by atoms with Gasteiger partial charge in [-0.1, -0.05) is 11.6 Å². The van der Waals surface area contributed by atoms with Crippen LogP contribution in [0.25, 0.3) is 32.5 Å². The molecule has 7 nitrogen and oxygen atoms in total. The highest BCUT2D eigenvalue weighted by Gasteiger charge is 2.15. The van der Waals surface area contributed by atoms with Gasteiger partial charge in [-0.05, 0) is 78.7 Å². The summed E-state index contributed by atoms with van der Waals surface area (Å²) in [5.74, 6) is -0.246. The summed E-state index contributed by atoms with van der Waals surface area (Å²) in [6.07, 6.45) is 3.37. The van der Waals surface area contributed by atoms with Gasteiger partial charge in [-0.3, -0.25) is 14.6 Å². The fourth-order valence-electron chi connectivity index (χ4n) is 3.28. The molecule has 0 aliphatic rings. The normalized spacial score (nSPS) is 11.6. The van der Waals surface area contributed by atoms with E-state index in [4.69, 9.17) is 17.3 Å². The average molecular weight is 492 g/mol. The highest BCUT2D eigenvalue weighted by Crippen LogP contribution is 2.27. The first-order valence-electron chi connectivity index (χ1n) is 10.5. The monoisotopic (exact) mass is 491 g/mol. The molecule has 0 aliphatic heterocycles. The van der Waals surface area contributed by atoms with Crippen LogP contribution in [0, 0.1) is 6.92 Å². The Morgan fingerprint density at radius 3 is 2.62 bits per heavy atom. The number of H-pyrrole nitrogens is 1. The van der Waals surface area contributed by atoms with Gasteiger partial charge >= 0.3 is 0 Å². The highest BCUT2D eigenvalue weighted by molar-refractivity contribution is 7.17. The number of amides is 2. The quantitative estimate of drug-likeness (QED) is 0.325. The van der Waals surface area contributed by atoms with Crippen molar-refractivity contribution in [1.29, 1.82) is 0 Å². The second-order valence-electron chi connectivity index (χ2n) is 7.71. The van der Waals surface area contributed by atoms with Crippen molar-refractivity contribution in [3.05, 3.63) is 82.5 Å². The molecule has 2 amide bonds. The maximum atomic E-state index is 12.1. The van der Waals surface area contributed by atoms with E-state index < -0.39 is 11.9 Å². The van der Waals surface area contributed by atoms with Crippen LogP contribution in [0.4, 0.5) is 0 Å². The van der Waals surface area contributed by atoms with Crippen LogP contribution in [0.15, 0.2) is 66.3 Å². The number of rotatable bonds is 4. The van der Waals surface area contributed by atoms with Crippen molar-refractivity contribution in [3.8, 4) is 11.4 Å². The van der Waals surface area contributed by atoms with E-state index in [9.17, 15) is 9.59 Å². The topological polar surface area (TPSA) is 114 Å². The number of pyridine rings is 1. The number of imidazole rings is 1. The molecule has 1 atom stereocenters. The minimum Gasteiger partial charge on any atom is -0.368 e. The number of carbonyl (C=O) groups is 2. The van der Waals surface area contributed by atoms with Crippen LogP contribution in [0.5, 0.6) is 0 Å². The molecule has 0 saturated heterocycles. The van der Waals surface area contributed by atoms with Gasteiger partial charge in [-0.15, -0.1) is 11.3 Å². The van der Waals surface area contributed by atoms with E-state index in [2.05, 4.69) is 38.6 Å². The summed E-state index contributed by atoms with van der Waals surface area (Å²) in [6, 6.07) is 14.1. The molecule has 3 aromatic heterocycles. The van der Waals surface area contributed by atoms with E-state index in [0.29, 0.717) is 11.4 Å². The molecule has 4 N–H and O–H groups in total. The van der Waals surface area contributed by atoms with Crippen molar-refractivity contribution >= 4 is 55.9 Å². The van der Waals surface area contributed by atoms with Crippen LogP contribution in [0.3, 0.4) is 0 Å². The lowest BCUT2D eigenvalue weighted by Gasteiger charge is -2.09. The van der Waals surface area contributed by atoms with E-state index in [1.807, 2.05) is 24.3 Å². The van der Waals surface area contributed by atoms with Crippen molar-refractivity contribution in [2.75, 3.05) is 0 Å². The number of fused-ring (bicyclic) bond motifs is 2. The first kappa shape index (κ1) is 23.4. The SMILES string of the molecule is CC(NC(=O)c1ccc2nc(-c3ccncc3)[nH]c2c1)C(N)=O.Cc1csc2ccc(Cl)cc12. The standard InChI is InChI=1S/C16H15N5O2.C9H7ClS/c1-9(14(17)22)19-16(23)11-2-3-12-13(8-11)21-15(20-12)10-4-6-18-7-5-10;1-6-5-11-9-3-2-7(10)4-8(6)9/h2-9H,1H3,(H2,17,22)(H,19,23)(H,20,21);2-5H,1H3. The zero-order valence-corrected chi connectivity index (χ0v) is 20.1. The number of aromatic nitrogens is 3. The Balaban J connectivity index is 0.000000207. The van der Waals surface area contributed by atoms with E-state index in [0.717, 1.165) is 21.6 Å². The van der Waals surface area contributed by atoms with Gasteiger partial charge in [-0.2, -0.15) is 0 Å². The van der Waals surface area contributed by atoms with Crippen molar-refractivity contribution in [2.45, 2.75) is 19.9 Å². The van der Waals surface area contributed by atoms with E-state index >= 15 is 0 Å². The molecule has 3 heterocycles. The minimum absolute atomic E-state index is 0.363. The van der Waals surface area contributed by atoms with E-state index in [1.54, 1.807) is 41.9 Å². The minimum atomic E-state index is -0.729. The molecule has 0 radical (unpaired) electrons. The lowest BCUT2D eigenvalue weighted by molar-refractivity contribution is -0.119. The molecule has 172 valence electrons. The van der Waals surface area contributed by atoms with Gasteiger partial charge in [0.05, 0.1) is 11.0 Å². The maximum Gasteiger partial charge on any atom is 0.251 e. The maximum absolute atomic E-state index is 12.1. The largest absolute Gasteiger partial charge is 0.368 e. The first-order valence-corrected chi connectivity index (χ1v) is 11.7. The zero-order chi connectivity index (χ0) is 24.2. The molecule has 5 rings (SSSR count). The molecule has 0 saturated carbocycles. The molecule has 9 heteroatoms. The van der Waals surface area contributed by atoms with Crippen LogP contribution < -0.4 is 11.1 Å². The Kier molecular flexibility index (Phi) is 6.90. The van der Waals surface area contributed by atoms with Crippen LogP contribution >= 0.6 is 22.9 Å². The van der Waals surface area contributed by atoms with Gasteiger partial charge in [0.25, 0.3) is 5.91 Å². The molecular weight excluding hydrogens is 470 g/mol. The predicted octanol–water partition coefficient (Wildman–Crippen LogP) is 5.09. The predicted molar refractivity (Wildman–Crippen MR) is 137 cm³/mol. The van der Waals surface area contributed by atoms with Crippen molar-refractivity contribution in [1.82, 2.24) is 20.3 Å². The second kappa shape index (κ2) is 10.0. The number of nitrogens with two attached hydrogens (primary N) is 1. The van der Waals surface area contributed by atoms with Gasteiger partial charge < -0.3 is 16.0 Å². The Morgan fingerprint density at radius 1 is 1.12 bits per heavy atom. The second-order valence-corrected chi connectivity index (χ2v) is 9.06. The molecule has 1 unspecified atom stereocenters. The lowest BCUT2D eigenvalue weighted by Crippen LogP contribution is -2.42. The Labute approximate surface area is 205 Å². The summed E-state index contributed by atoms with van der Waals surface area (Å²) in [5, 5.41) is 6.80. The summed E-state index contributed by atoms with van der Waals surface area (Å²) in [4.78, 5) is 34.8. The van der Waals surface area contributed by atoms with Gasteiger partial charge in [-0.25, -0.2) is 4.98 Å². The van der Waals surface area contributed by atoms with Gasteiger partial charge in [0.2, 0.25) is 5.91 Å². The third-order valence-electron chi connectivity index (χ3n) is 5.20. The van der Waals surface area contributed by atoms with Crippen molar-refractivity contribution in [3.63, 3.8) is 0 Å². The summed E-state index contributed by atoms with van der Waals surface area (Å²) >= 11 is 7.62. The highest BCUT2D eigenvalue weighted by atomic mass is 35.5. The number of hydrogen-bond acceptors (Lipinski definition) is 5. The molecule has 0 fully saturated rings. The molecule has 34 heavy (non-hydrogen) atoms. The van der Waals surface area contributed by atoms with Gasteiger partial charge in [0.15, 0.2) is 0 Å². The third kappa shape index (κ3) is 5.24. The summed E-state index contributed by atoms with van der Waals surface area (Å²) < 4.78 is 1.31. The summed E-state index contributed by atoms with van der Waals surface area (Å²) in [7, 11) is 0. The number of aryl methyl sites for hydroxylation is 1. The fraction of sp³-hybridized carbons (Fsp3) is 0.120. The van der Waals surface area contributed by atoms with Crippen molar-refractivity contribution < 1.29 is 9.59 Å². The first-order chi connectivity index (χ1) is 16.3.